The molecular formula is C27H19Cl3F3N5O4S. The van der Waals surface area contributed by atoms with Crippen molar-refractivity contribution in [1.29, 1.82) is 0 Å². The van der Waals surface area contributed by atoms with E-state index in [1.54, 1.807) is 11.6 Å². The zero-order valence-corrected chi connectivity index (χ0v) is 25.2. The van der Waals surface area contributed by atoms with Gasteiger partial charge in [-0.1, -0.05) is 34.8 Å². The third-order valence-electron chi connectivity index (χ3n) is 6.31. The number of fused-ring (bicyclic) bond motifs is 1. The van der Waals surface area contributed by atoms with Crippen LogP contribution < -0.4 is 15.8 Å². The van der Waals surface area contributed by atoms with E-state index >= 15 is 0 Å². The van der Waals surface area contributed by atoms with Gasteiger partial charge >= 0.3 is 6.18 Å². The molecule has 0 unspecified atom stereocenters. The van der Waals surface area contributed by atoms with E-state index in [1.807, 2.05) is 6.92 Å². The summed E-state index contributed by atoms with van der Waals surface area (Å²) in [5.74, 6) is -1.58. The van der Waals surface area contributed by atoms with Gasteiger partial charge in [0.25, 0.3) is 11.8 Å². The van der Waals surface area contributed by atoms with Gasteiger partial charge in [-0.3, -0.25) is 14.3 Å². The number of thiophene rings is 1. The Bertz CT molecular complexity index is 1880. The molecule has 4 heterocycles. The number of nitrogens with two attached hydrogens (primary N) is 1. The second-order valence-corrected chi connectivity index (χ2v) is 11.3. The molecule has 224 valence electrons. The summed E-state index contributed by atoms with van der Waals surface area (Å²) in [5, 5.41) is 7.57. The minimum absolute atomic E-state index is 0.0684. The summed E-state index contributed by atoms with van der Waals surface area (Å²) >= 11 is 18.8. The largest absolute Gasteiger partial charge is 0.483 e. The van der Waals surface area contributed by atoms with Gasteiger partial charge in [0.1, 0.15) is 27.8 Å². The number of aromatic nitrogens is 3. The molecule has 43 heavy (non-hydrogen) atoms. The number of anilines is 1. The molecule has 0 fully saturated rings. The van der Waals surface area contributed by atoms with Crippen LogP contribution in [0.25, 0.3) is 21.3 Å². The average Bonchev–Trinajstić information content (AvgIpc) is 3.64. The van der Waals surface area contributed by atoms with E-state index in [1.165, 1.54) is 30.5 Å². The number of primary amides is 1. The molecule has 4 aromatic heterocycles. The lowest BCUT2D eigenvalue weighted by Gasteiger charge is -2.12. The van der Waals surface area contributed by atoms with Crippen molar-refractivity contribution in [3.63, 3.8) is 0 Å². The maximum atomic E-state index is 13.8. The normalized spacial score (nSPS) is 11.7. The SMILES string of the molecule is CCn1ncc(-c2cc(C(F)(F)F)nc3sc(C(N)=O)c(NC(=O)c4ccc(COc5c(Cl)cc(Cl)cc5Cl)o4)c23)c1C. The zero-order valence-electron chi connectivity index (χ0n) is 22.1. The lowest BCUT2D eigenvalue weighted by Crippen LogP contribution is -2.16. The van der Waals surface area contributed by atoms with Gasteiger partial charge in [-0.15, -0.1) is 11.3 Å². The monoisotopic (exact) mass is 671 g/mol. The zero-order chi connectivity index (χ0) is 31.2. The highest BCUT2D eigenvalue weighted by Crippen LogP contribution is 2.44. The lowest BCUT2D eigenvalue weighted by atomic mass is 10.0. The molecule has 0 bridgehead atoms. The summed E-state index contributed by atoms with van der Waals surface area (Å²) in [6.07, 6.45) is -3.37. The van der Waals surface area contributed by atoms with Crippen LogP contribution in [0.4, 0.5) is 18.9 Å². The van der Waals surface area contributed by atoms with Gasteiger partial charge in [-0.25, -0.2) is 4.98 Å². The smallest absolute Gasteiger partial charge is 0.433 e. The first-order chi connectivity index (χ1) is 20.3. The van der Waals surface area contributed by atoms with Crippen LogP contribution in [-0.2, 0) is 19.3 Å². The number of rotatable bonds is 8. The van der Waals surface area contributed by atoms with Gasteiger partial charge in [0.15, 0.2) is 11.5 Å². The van der Waals surface area contributed by atoms with Crippen LogP contribution in [-0.4, -0.2) is 26.6 Å². The number of nitrogens with one attached hydrogen (secondary N) is 1. The number of nitrogens with zero attached hydrogens (tertiary/aromatic N) is 3. The van der Waals surface area contributed by atoms with Crippen LogP contribution in [0.3, 0.4) is 0 Å². The second-order valence-electron chi connectivity index (χ2n) is 9.07. The molecule has 0 atom stereocenters. The third-order valence-corrected chi connectivity index (χ3v) is 8.19. The van der Waals surface area contributed by atoms with Crippen molar-refractivity contribution in [2.24, 2.45) is 5.73 Å². The number of carbonyl (C=O) groups excluding carboxylic acids is 2. The van der Waals surface area contributed by atoms with Gasteiger partial charge in [-0.2, -0.15) is 18.3 Å². The van der Waals surface area contributed by atoms with Crippen LogP contribution >= 0.6 is 46.1 Å². The number of pyridine rings is 1. The summed E-state index contributed by atoms with van der Waals surface area (Å²) in [6.45, 7) is 3.84. The molecular weight excluding hydrogens is 654 g/mol. The predicted octanol–water partition coefficient (Wildman–Crippen LogP) is 7.99. The van der Waals surface area contributed by atoms with Crippen molar-refractivity contribution in [2.75, 3.05) is 5.32 Å². The van der Waals surface area contributed by atoms with Crippen molar-refractivity contribution in [3.05, 3.63) is 79.4 Å². The average molecular weight is 673 g/mol. The van der Waals surface area contributed by atoms with Gasteiger partial charge in [0.05, 0.1) is 21.9 Å². The molecule has 0 aliphatic rings. The topological polar surface area (TPSA) is 125 Å². The number of furan rings is 1. The number of alkyl halides is 3. The number of halogens is 6. The third kappa shape index (κ3) is 6.03. The summed E-state index contributed by atoms with van der Waals surface area (Å²) in [4.78, 5) is 29.1. The summed E-state index contributed by atoms with van der Waals surface area (Å²) in [5.41, 5.74) is 5.30. The molecule has 3 N–H and O–H groups in total. The van der Waals surface area contributed by atoms with Gasteiger partial charge in [0, 0.05) is 28.2 Å². The Labute approximate surface area is 260 Å². The van der Waals surface area contributed by atoms with Crippen molar-refractivity contribution < 1.29 is 31.9 Å². The standard InChI is InChI=1S/C27H19Cl3F3N5O4S/c1-3-38-11(2)15(9-35-38)14-8-19(27(31,32)33)36-26-20(14)21(23(43-26)24(34)39)37-25(40)18-5-4-13(42-18)10-41-22-16(29)6-12(28)7-17(22)30/h4-9H,3,10H2,1-2H3,(H2,34,39)(H,37,40). The van der Waals surface area contributed by atoms with Crippen molar-refractivity contribution >= 4 is 73.9 Å². The van der Waals surface area contributed by atoms with Gasteiger partial charge in [-0.05, 0) is 49.7 Å². The van der Waals surface area contributed by atoms with Crippen molar-refractivity contribution in [2.45, 2.75) is 33.2 Å². The number of aryl methyl sites for hydroxylation is 1. The van der Waals surface area contributed by atoms with Crippen molar-refractivity contribution in [3.8, 4) is 16.9 Å². The van der Waals surface area contributed by atoms with E-state index in [4.69, 9.17) is 49.7 Å². The van der Waals surface area contributed by atoms with E-state index < -0.39 is 23.7 Å². The number of carbonyl (C=O) groups is 2. The van der Waals surface area contributed by atoms with E-state index in [0.29, 0.717) is 34.2 Å². The minimum Gasteiger partial charge on any atom is -0.483 e. The quantitative estimate of drug-likeness (QED) is 0.172. The molecule has 5 aromatic rings. The molecule has 0 radical (unpaired) electrons. The fourth-order valence-electron chi connectivity index (χ4n) is 4.34. The second kappa shape index (κ2) is 11.7. The van der Waals surface area contributed by atoms with Crippen LogP contribution in [0.1, 0.15) is 44.3 Å². The molecule has 16 heteroatoms. The Morgan fingerprint density at radius 2 is 1.84 bits per heavy atom. The Morgan fingerprint density at radius 3 is 2.44 bits per heavy atom. The molecule has 5 rings (SSSR count). The van der Waals surface area contributed by atoms with Crippen LogP contribution in [0.15, 0.2) is 40.9 Å². The minimum atomic E-state index is -4.79. The summed E-state index contributed by atoms with van der Waals surface area (Å²) in [7, 11) is 0. The highest BCUT2D eigenvalue weighted by Gasteiger charge is 2.35. The fourth-order valence-corrected chi connectivity index (χ4v) is 6.27. The number of hydrogen-bond donors (Lipinski definition) is 2. The number of hydrogen-bond acceptors (Lipinski definition) is 7. The predicted molar refractivity (Wildman–Crippen MR) is 157 cm³/mol. The Balaban J connectivity index is 1.53. The summed E-state index contributed by atoms with van der Waals surface area (Å²) < 4.78 is 54.3. The van der Waals surface area contributed by atoms with Crippen LogP contribution in [0.2, 0.25) is 15.1 Å². The molecule has 0 aliphatic heterocycles. The van der Waals surface area contributed by atoms with E-state index in [-0.39, 0.29) is 60.3 Å². The molecule has 2 amide bonds. The number of amides is 2. The highest BCUT2D eigenvalue weighted by atomic mass is 35.5. The van der Waals surface area contributed by atoms with E-state index in [2.05, 4.69) is 15.4 Å². The van der Waals surface area contributed by atoms with Gasteiger partial charge in [0.2, 0.25) is 0 Å². The number of benzene rings is 1. The molecule has 0 saturated heterocycles. The van der Waals surface area contributed by atoms with Gasteiger partial charge < -0.3 is 20.2 Å². The van der Waals surface area contributed by atoms with Crippen molar-refractivity contribution in [1.82, 2.24) is 14.8 Å². The lowest BCUT2D eigenvalue weighted by molar-refractivity contribution is -0.140. The fraction of sp³-hybridized carbons (Fsp3) is 0.185. The van der Waals surface area contributed by atoms with E-state index in [9.17, 15) is 22.8 Å². The van der Waals surface area contributed by atoms with Crippen LogP contribution in [0.5, 0.6) is 5.75 Å². The first kappa shape index (κ1) is 30.7. The first-order valence-electron chi connectivity index (χ1n) is 12.3. The maximum Gasteiger partial charge on any atom is 0.433 e. The molecule has 9 nitrogen and oxygen atoms in total. The first-order valence-corrected chi connectivity index (χ1v) is 14.3. The molecule has 0 aliphatic carbocycles. The highest BCUT2D eigenvalue weighted by molar-refractivity contribution is 7.21. The molecule has 0 saturated carbocycles. The molecule has 0 spiro atoms. The Kier molecular flexibility index (Phi) is 8.36. The Morgan fingerprint density at radius 1 is 1.14 bits per heavy atom. The van der Waals surface area contributed by atoms with Crippen LogP contribution in [0, 0.1) is 6.92 Å². The molecule has 1 aromatic carbocycles. The maximum absolute atomic E-state index is 13.8. The van der Waals surface area contributed by atoms with E-state index in [0.717, 1.165) is 6.07 Å². The Hall–Kier alpha value is -3.78. The number of ether oxygens (including phenoxy) is 1. The summed E-state index contributed by atoms with van der Waals surface area (Å²) in [6, 6.07) is 6.58.